The molecule has 0 amide bonds. The summed E-state index contributed by atoms with van der Waals surface area (Å²) in [4.78, 5) is 6.73. The number of hydrogen-bond acceptors (Lipinski definition) is 3. The molecule has 1 aromatic heterocycles. The summed E-state index contributed by atoms with van der Waals surface area (Å²) in [5.41, 5.74) is 9.38. The lowest BCUT2D eigenvalue weighted by atomic mass is 9.90. The monoisotopic (exact) mass is 281 g/mol. The zero-order chi connectivity index (χ0) is 14.5. The number of pyridine rings is 1. The van der Waals surface area contributed by atoms with Crippen LogP contribution in [0.4, 0.5) is 5.69 Å². The normalized spacial score (nSPS) is 16.1. The molecule has 1 aliphatic rings. The minimum absolute atomic E-state index is 0.512. The van der Waals surface area contributed by atoms with Crippen molar-refractivity contribution in [1.82, 2.24) is 4.98 Å². The van der Waals surface area contributed by atoms with Gasteiger partial charge in [0.1, 0.15) is 0 Å². The number of nitrogens with two attached hydrogens (primary N) is 1. The lowest BCUT2D eigenvalue weighted by Crippen LogP contribution is -2.34. The maximum atomic E-state index is 5.68. The van der Waals surface area contributed by atoms with Crippen LogP contribution in [0.2, 0.25) is 0 Å². The highest BCUT2D eigenvalue weighted by Crippen LogP contribution is 2.25. The molecule has 0 atom stereocenters. The first kappa shape index (κ1) is 14.1. The number of aromatic nitrogens is 1. The SMILES string of the molecule is NCc1cc(N2CCC(Cc3ccccc3)CC2)ccn1. The minimum Gasteiger partial charge on any atom is -0.371 e. The second kappa shape index (κ2) is 6.72. The van der Waals surface area contributed by atoms with Crippen LogP contribution in [0, 0.1) is 5.92 Å². The standard InChI is InChI=1S/C18H23N3/c19-14-17-13-18(6-9-20-17)21-10-7-16(8-11-21)12-15-4-2-1-3-5-15/h1-6,9,13,16H,7-8,10-12,14,19H2. The summed E-state index contributed by atoms with van der Waals surface area (Å²) in [7, 11) is 0. The van der Waals surface area contributed by atoms with Gasteiger partial charge in [-0.2, -0.15) is 0 Å². The Morgan fingerprint density at radius 3 is 2.57 bits per heavy atom. The summed E-state index contributed by atoms with van der Waals surface area (Å²) in [6, 6.07) is 15.1. The Kier molecular flexibility index (Phi) is 4.51. The second-order valence-electron chi connectivity index (χ2n) is 5.83. The summed E-state index contributed by atoms with van der Waals surface area (Å²) in [6.07, 6.45) is 5.59. The van der Waals surface area contributed by atoms with E-state index in [1.807, 2.05) is 6.20 Å². The molecule has 1 fully saturated rings. The molecule has 0 aliphatic carbocycles. The summed E-state index contributed by atoms with van der Waals surface area (Å²) >= 11 is 0. The molecule has 21 heavy (non-hydrogen) atoms. The van der Waals surface area contributed by atoms with Crippen LogP contribution in [0.1, 0.15) is 24.1 Å². The van der Waals surface area contributed by atoms with Crippen molar-refractivity contribution in [3.05, 3.63) is 59.9 Å². The van der Waals surface area contributed by atoms with Gasteiger partial charge in [0.05, 0.1) is 5.69 Å². The molecular formula is C18H23N3. The first-order chi connectivity index (χ1) is 10.3. The van der Waals surface area contributed by atoms with Gasteiger partial charge in [0.25, 0.3) is 0 Å². The van der Waals surface area contributed by atoms with Crippen LogP contribution in [-0.2, 0) is 13.0 Å². The number of hydrogen-bond donors (Lipinski definition) is 1. The lowest BCUT2D eigenvalue weighted by Gasteiger charge is -2.33. The lowest BCUT2D eigenvalue weighted by molar-refractivity contribution is 0.403. The number of piperidine rings is 1. The Morgan fingerprint density at radius 2 is 1.86 bits per heavy atom. The van der Waals surface area contributed by atoms with Crippen LogP contribution in [0.15, 0.2) is 48.7 Å². The Morgan fingerprint density at radius 1 is 1.10 bits per heavy atom. The predicted octanol–water partition coefficient (Wildman–Crippen LogP) is 3.00. The van der Waals surface area contributed by atoms with Crippen LogP contribution in [0.5, 0.6) is 0 Å². The van der Waals surface area contributed by atoms with Crippen molar-refractivity contribution in [3.8, 4) is 0 Å². The second-order valence-corrected chi connectivity index (χ2v) is 5.83. The van der Waals surface area contributed by atoms with Crippen molar-refractivity contribution in [2.45, 2.75) is 25.8 Å². The minimum atomic E-state index is 0.512. The van der Waals surface area contributed by atoms with Gasteiger partial charge in [-0.3, -0.25) is 4.98 Å². The molecule has 1 aliphatic heterocycles. The van der Waals surface area contributed by atoms with Crippen molar-refractivity contribution < 1.29 is 0 Å². The van der Waals surface area contributed by atoms with E-state index in [1.54, 1.807) is 0 Å². The van der Waals surface area contributed by atoms with Gasteiger partial charge in [0.15, 0.2) is 0 Å². The van der Waals surface area contributed by atoms with Gasteiger partial charge in [-0.1, -0.05) is 30.3 Å². The fourth-order valence-corrected chi connectivity index (χ4v) is 3.12. The molecule has 2 heterocycles. The third kappa shape index (κ3) is 3.61. The molecule has 0 radical (unpaired) electrons. The van der Waals surface area contributed by atoms with E-state index in [4.69, 9.17) is 5.73 Å². The topological polar surface area (TPSA) is 42.1 Å². The molecule has 0 spiro atoms. The Labute approximate surface area is 126 Å². The molecule has 2 N–H and O–H groups in total. The summed E-state index contributed by atoms with van der Waals surface area (Å²) in [5, 5.41) is 0. The maximum absolute atomic E-state index is 5.68. The first-order valence-corrected chi connectivity index (χ1v) is 7.79. The average Bonchev–Trinajstić information content (AvgIpc) is 2.56. The molecule has 3 nitrogen and oxygen atoms in total. The van der Waals surface area contributed by atoms with E-state index in [2.05, 4.69) is 52.3 Å². The summed E-state index contributed by atoms with van der Waals surface area (Å²) in [5.74, 6) is 0.805. The molecular weight excluding hydrogens is 258 g/mol. The van der Waals surface area contributed by atoms with Crippen molar-refractivity contribution >= 4 is 5.69 Å². The van der Waals surface area contributed by atoms with E-state index in [0.29, 0.717) is 6.54 Å². The van der Waals surface area contributed by atoms with Gasteiger partial charge in [0.2, 0.25) is 0 Å². The quantitative estimate of drug-likeness (QED) is 0.936. The van der Waals surface area contributed by atoms with E-state index in [9.17, 15) is 0 Å². The number of anilines is 1. The Balaban J connectivity index is 1.57. The highest BCUT2D eigenvalue weighted by Gasteiger charge is 2.19. The third-order valence-electron chi connectivity index (χ3n) is 4.36. The smallest absolute Gasteiger partial charge is 0.0560 e. The molecule has 2 aromatic rings. The highest BCUT2D eigenvalue weighted by molar-refractivity contribution is 5.46. The van der Waals surface area contributed by atoms with Crippen LogP contribution >= 0.6 is 0 Å². The molecule has 0 unspecified atom stereocenters. The fraction of sp³-hybridized carbons (Fsp3) is 0.389. The average molecular weight is 281 g/mol. The summed E-state index contributed by atoms with van der Waals surface area (Å²) < 4.78 is 0. The van der Waals surface area contributed by atoms with Crippen molar-refractivity contribution in [2.75, 3.05) is 18.0 Å². The fourth-order valence-electron chi connectivity index (χ4n) is 3.12. The summed E-state index contributed by atoms with van der Waals surface area (Å²) in [6.45, 7) is 2.77. The van der Waals surface area contributed by atoms with Gasteiger partial charge in [-0.25, -0.2) is 0 Å². The van der Waals surface area contributed by atoms with Crippen molar-refractivity contribution in [1.29, 1.82) is 0 Å². The van der Waals surface area contributed by atoms with Crippen LogP contribution in [0.3, 0.4) is 0 Å². The number of nitrogens with zero attached hydrogens (tertiary/aromatic N) is 2. The van der Waals surface area contributed by atoms with Crippen LogP contribution in [-0.4, -0.2) is 18.1 Å². The van der Waals surface area contributed by atoms with Crippen molar-refractivity contribution in [3.63, 3.8) is 0 Å². The van der Waals surface area contributed by atoms with E-state index in [0.717, 1.165) is 24.7 Å². The van der Waals surface area contributed by atoms with E-state index >= 15 is 0 Å². The molecule has 0 bridgehead atoms. The van der Waals surface area contributed by atoms with Gasteiger partial charge >= 0.3 is 0 Å². The largest absolute Gasteiger partial charge is 0.371 e. The zero-order valence-corrected chi connectivity index (χ0v) is 12.4. The maximum Gasteiger partial charge on any atom is 0.0560 e. The van der Waals surface area contributed by atoms with E-state index in [1.165, 1.54) is 30.5 Å². The van der Waals surface area contributed by atoms with E-state index < -0.39 is 0 Å². The third-order valence-corrected chi connectivity index (χ3v) is 4.36. The molecule has 1 saturated heterocycles. The van der Waals surface area contributed by atoms with E-state index in [-0.39, 0.29) is 0 Å². The van der Waals surface area contributed by atoms with Crippen molar-refractivity contribution in [2.24, 2.45) is 11.7 Å². The van der Waals surface area contributed by atoms with Gasteiger partial charge in [0, 0.05) is 31.5 Å². The Hall–Kier alpha value is -1.87. The van der Waals surface area contributed by atoms with Gasteiger partial charge in [-0.15, -0.1) is 0 Å². The van der Waals surface area contributed by atoms with Gasteiger partial charge in [-0.05, 0) is 42.9 Å². The highest BCUT2D eigenvalue weighted by atomic mass is 15.1. The molecule has 110 valence electrons. The predicted molar refractivity (Wildman–Crippen MR) is 87.2 cm³/mol. The molecule has 3 heteroatoms. The Bertz CT molecular complexity index is 560. The number of rotatable bonds is 4. The first-order valence-electron chi connectivity index (χ1n) is 7.79. The molecule has 1 aromatic carbocycles. The van der Waals surface area contributed by atoms with Crippen LogP contribution < -0.4 is 10.6 Å². The van der Waals surface area contributed by atoms with Gasteiger partial charge < -0.3 is 10.6 Å². The molecule has 0 saturated carbocycles. The molecule has 3 rings (SSSR count). The number of benzene rings is 1. The van der Waals surface area contributed by atoms with Crippen LogP contribution in [0.25, 0.3) is 0 Å². The zero-order valence-electron chi connectivity index (χ0n) is 12.4.